The second kappa shape index (κ2) is 15.3. The summed E-state index contributed by atoms with van der Waals surface area (Å²) in [5.74, 6) is 0.138. The zero-order valence-electron chi connectivity index (χ0n) is 24.5. The number of ether oxygens (including phenoxy) is 1. The highest BCUT2D eigenvalue weighted by Crippen LogP contribution is 2.30. The molecule has 4 aromatic rings. The number of benzene rings is 4. The van der Waals surface area contributed by atoms with Crippen LogP contribution in [0.2, 0.25) is 0 Å². The molecule has 0 saturated carbocycles. The van der Waals surface area contributed by atoms with E-state index in [9.17, 15) is 10.2 Å². The van der Waals surface area contributed by atoms with Gasteiger partial charge in [0, 0.05) is 11.6 Å². The summed E-state index contributed by atoms with van der Waals surface area (Å²) < 4.78 is 21.2. The molecule has 0 heterocycles. The Morgan fingerprint density at radius 1 is 0.667 bits per heavy atom. The SMILES string of the molecule is C=C(CO)c1ccc(-c2ccc(COc3ccc(-c4ccc(C(=C)CO)cc4)c(F)c3)c(CCCCCCC)c2)cc1. The zero-order chi connectivity index (χ0) is 29.9. The van der Waals surface area contributed by atoms with Gasteiger partial charge in [0.25, 0.3) is 0 Å². The molecule has 0 saturated heterocycles. The van der Waals surface area contributed by atoms with Gasteiger partial charge in [0.1, 0.15) is 18.2 Å². The van der Waals surface area contributed by atoms with E-state index in [0.717, 1.165) is 46.2 Å². The van der Waals surface area contributed by atoms with Gasteiger partial charge in [0.2, 0.25) is 0 Å². The van der Waals surface area contributed by atoms with Crippen LogP contribution in [0.4, 0.5) is 4.39 Å². The van der Waals surface area contributed by atoms with Crippen LogP contribution in [0, 0.1) is 5.82 Å². The van der Waals surface area contributed by atoms with Crippen LogP contribution in [0.25, 0.3) is 33.4 Å². The lowest BCUT2D eigenvalue weighted by molar-refractivity contribution is 0.303. The van der Waals surface area contributed by atoms with Gasteiger partial charge in [-0.3, -0.25) is 0 Å². The molecule has 0 aromatic heterocycles. The molecule has 4 rings (SSSR count). The fourth-order valence-electron chi connectivity index (χ4n) is 5.05. The van der Waals surface area contributed by atoms with Crippen molar-refractivity contribution in [3.05, 3.63) is 126 Å². The van der Waals surface area contributed by atoms with Gasteiger partial charge in [-0.25, -0.2) is 4.39 Å². The molecule has 4 aromatic carbocycles. The molecule has 0 aliphatic heterocycles. The number of unbranched alkanes of at least 4 members (excludes halogenated alkanes) is 4. The van der Waals surface area contributed by atoms with Gasteiger partial charge in [0.15, 0.2) is 0 Å². The van der Waals surface area contributed by atoms with Crippen LogP contribution < -0.4 is 4.74 Å². The Kier molecular flexibility index (Phi) is 11.3. The Hall–Kier alpha value is -3.99. The second-order valence-electron chi connectivity index (χ2n) is 10.8. The van der Waals surface area contributed by atoms with Crippen LogP contribution in [-0.2, 0) is 13.0 Å². The third kappa shape index (κ3) is 8.06. The Balaban J connectivity index is 1.50. The summed E-state index contributed by atoms with van der Waals surface area (Å²) in [6.45, 7) is 10.2. The summed E-state index contributed by atoms with van der Waals surface area (Å²) in [5, 5.41) is 18.7. The third-order valence-corrected chi connectivity index (χ3v) is 7.70. The summed E-state index contributed by atoms with van der Waals surface area (Å²) in [7, 11) is 0. The van der Waals surface area contributed by atoms with E-state index >= 15 is 4.39 Å². The van der Waals surface area contributed by atoms with Gasteiger partial charge in [-0.2, -0.15) is 0 Å². The Morgan fingerprint density at radius 3 is 1.86 bits per heavy atom. The van der Waals surface area contributed by atoms with E-state index in [1.807, 2.05) is 36.4 Å². The maximum atomic E-state index is 15.1. The number of rotatable bonds is 15. The minimum absolute atomic E-state index is 0.0577. The highest BCUT2D eigenvalue weighted by atomic mass is 19.1. The molecule has 0 amide bonds. The normalized spacial score (nSPS) is 11.0. The maximum Gasteiger partial charge on any atom is 0.134 e. The lowest BCUT2D eigenvalue weighted by atomic mass is 9.95. The number of aliphatic hydroxyl groups is 2. The van der Waals surface area contributed by atoms with Crippen molar-refractivity contribution in [3.63, 3.8) is 0 Å². The van der Waals surface area contributed by atoms with E-state index in [2.05, 4.69) is 50.4 Å². The minimum Gasteiger partial charge on any atom is -0.489 e. The average Bonchev–Trinajstić information content (AvgIpc) is 3.03. The van der Waals surface area contributed by atoms with Gasteiger partial charge in [-0.05, 0) is 75.1 Å². The van der Waals surface area contributed by atoms with E-state index < -0.39 is 0 Å². The molecule has 0 aliphatic carbocycles. The van der Waals surface area contributed by atoms with Crippen molar-refractivity contribution in [3.8, 4) is 28.0 Å². The van der Waals surface area contributed by atoms with Crippen LogP contribution in [-0.4, -0.2) is 23.4 Å². The molecule has 0 unspecified atom stereocenters. The first-order valence-corrected chi connectivity index (χ1v) is 14.8. The van der Waals surface area contributed by atoms with E-state index in [1.54, 1.807) is 12.1 Å². The molecule has 0 bridgehead atoms. The maximum absolute atomic E-state index is 15.1. The van der Waals surface area contributed by atoms with Crippen molar-refractivity contribution in [2.45, 2.75) is 52.1 Å². The Bertz CT molecular complexity index is 1490. The second-order valence-corrected chi connectivity index (χ2v) is 10.8. The van der Waals surface area contributed by atoms with E-state index in [-0.39, 0.29) is 19.0 Å². The summed E-state index contributed by atoms with van der Waals surface area (Å²) in [4.78, 5) is 0. The van der Waals surface area contributed by atoms with Crippen LogP contribution in [0.1, 0.15) is 61.3 Å². The van der Waals surface area contributed by atoms with Crippen LogP contribution in [0.3, 0.4) is 0 Å². The van der Waals surface area contributed by atoms with Crippen molar-refractivity contribution in [2.24, 2.45) is 0 Å². The minimum atomic E-state index is -0.347. The molecule has 2 N–H and O–H groups in total. The van der Waals surface area contributed by atoms with Crippen LogP contribution >= 0.6 is 0 Å². The molecule has 0 fully saturated rings. The first kappa shape index (κ1) is 31.0. The molecule has 42 heavy (non-hydrogen) atoms. The van der Waals surface area contributed by atoms with Crippen molar-refractivity contribution in [1.29, 1.82) is 0 Å². The van der Waals surface area contributed by atoms with Crippen molar-refractivity contribution in [1.82, 2.24) is 0 Å². The highest BCUT2D eigenvalue weighted by Gasteiger charge is 2.11. The van der Waals surface area contributed by atoms with Gasteiger partial charge in [0.05, 0.1) is 13.2 Å². The fourth-order valence-corrected chi connectivity index (χ4v) is 5.05. The number of hydrogen-bond donors (Lipinski definition) is 2. The average molecular weight is 565 g/mol. The Labute approximate surface area is 249 Å². The fraction of sp³-hybridized carbons (Fsp3) is 0.263. The van der Waals surface area contributed by atoms with Gasteiger partial charge >= 0.3 is 0 Å². The van der Waals surface area contributed by atoms with Crippen LogP contribution in [0.5, 0.6) is 5.75 Å². The predicted molar refractivity (Wildman–Crippen MR) is 173 cm³/mol. The highest BCUT2D eigenvalue weighted by molar-refractivity contribution is 5.71. The summed E-state index contributed by atoms with van der Waals surface area (Å²) in [6.07, 6.45) is 6.97. The van der Waals surface area contributed by atoms with Crippen molar-refractivity contribution in [2.75, 3.05) is 13.2 Å². The number of hydrogen-bond acceptors (Lipinski definition) is 3. The van der Waals surface area contributed by atoms with Crippen molar-refractivity contribution >= 4 is 11.1 Å². The summed E-state index contributed by atoms with van der Waals surface area (Å²) >= 11 is 0. The smallest absolute Gasteiger partial charge is 0.134 e. The topological polar surface area (TPSA) is 49.7 Å². The molecule has 3 nitrogen and oxygen atoms in total. The predicted octanol–water partition coefficient (Wildman–Crippen LogP) is 9.26. The summed E-state index contributed by atoms with van der Waals surface area (Å²) in [6, 6.07) is 26.9. The largest absolute Gasteiger partial charge is 0.489 e. The molecular formula is C38H41FO3. The van der Waals surface area contributed by atoms with Gasteiger partial charge in [-0.15, -0.1) is 0 Å². The molecule has 218 valence electrons. The first-order chi connectivity index (χ1) is 20.4. The van der Waals surface area contributed by atoms with Crippen LogP contribution in [0.15, 0.2) is 98.1 Å². The lowest BCUT2D eigenvalue weighted by Gasteiger charge is -2.15. The standard InChI is InChI=1S/C38H41FO3/c1-4-5-6-7-8-9-33-22-34(31-14-10-29(11-15-31)27(2)24-40)18-19-35(33)26-42-36-20-21-37(38(39)23-36)32-16-12-30(13-17-32)28(3)25-41/h10-23,40-41H,2-9,24-26H2,1H3. The van der Waals surface area contributed by atoms with E-state index in [1.165, 1.54) is 37.3 Å². The first-order valence-electron chi connectivity index (χ1n) is 14.8. The lowest BCUT2D eigenvalue weighted by Crippen LogP contribution is -2.02. The quantitative estimate of drug-likeness (QED) is 0.142. The van der Waals surface area contributed by atoms with Gasteiger partial charge < -0.3 is 14.9 Å². The zero-order valence-corrected chi connectivity index (χ0v) is 24.5. The molecule has 0 aliphatic rings. The molecule has 0 spiro atoms. The van der Waals surface area contributed by atoms with Crippen molar-refractivity contribution < 1.29 is 19.3 Å². The van der Waals surface area contributed by atoms with E-state index in [0.29, 0.717) is 29.1 Å². The Morgan fingerprint density at radius 2 is 1.26 bits per heavy atom. The number of aryl methyl sites for hydroxylation is 1. The number of aliphatic hydroxyl groups excluding tert-OH is 2. The summed E-state index contributed by atoms with van der Waals surface area (Å²) in [5.41, 5.74) is 8.93. The molecule has 0 radical (unpaired) electrons. The van der Waals surface area contributed by atoms with Gasteiger partial charge in [-0.1, -0.05) is 112 Å². The molecular weight excluding hydrogens is 523 g/mol. The monoisotopic (exact) mass is 564 g/mol. The molecule has 4 heteroatoms. The number of halogens is 1. The van der Waals surface area contributed by atoms with E-state index in [4.69, 9.17) is 4.74 Å². The third-order valence-electron chi connectivity index (χ3n) is 7.70. The molecule has 0 atom stereocenters.